The molecule has 252 valence electrons. The molecule has 4 amide bonds. The lowest BCUT2D eigenvalue weighted by atomic mass is 10.0. The first-order chi connectivity index (χ1) is 22.8. The van der Waals surface area contributed by atoms with E-state index in [1.165, 1.54) is 0 Å². The van der Waals surface area contributed by atoms with E-state index >= 15 is 0 Å². The number of aromatic nitrogens is 1. The van der Waals surface area contributed by atoms with Crippen LogP contribution >= 0.6 is 0 Å². The molecule has 0 spiro atoms. The van der Waals surface area contributed by atoms with Crippen LogP contribution in [-0.2, 0) is 19.1 Å². The summed E-state index contributed by atoms with van der Waals surface area (Å²) in [5.74, 6) is -0.644. The minimum absolute atomic E-state index is 0.0767. The maximum absolute atomic E-state index is 13.7. The van der Waals surface area contributed by atoms with Gasteiger partial charge in [-0.15, -0.1) is 0 Å². The molecule has 1 aromatic heterocycles. The molecule has 0 aliphatic carbocycles. The molecular formula is C37H44N6O5. The van der Waals surface area contributed by atoms with Gasteiger partial charge in [0.25, 0.3) is 0 Å². The van der Waals surface area contributed by atoms with Crippen molar-refractivity contribution in [2.45, 2.75) is 64.3 Å². The third-order valence-electron chi connectivity index (χ3n) is 8.18. The lowest BCUT2D eigenvalue weighted by Gasteiger charge is -2.31. The second-order valence-electron chi connectivity index (χ2n) is 13.4. The van der Waals surface area contributed by atoms with Gasteiger partial charge >= 0.3 is 6.09 Å². The van der Waals surface area contributed by atoms with Gasteiger partial charge in [-0.3, -0.25) is 19.3 Å². The number of fused-ring (bicyclic) bond motifs is 1. The zero-order chi connectivity index (χ0) is 34.6. The summed E-state index contributed by atoms with van der Waals surface area (Å²) >= 11 is 0. The van der Waals surface area contributed by atoms with Gasteiger partial charge in [0.15, 0.2) is 0 Å². The predicted octanol–water partition coefficient (Wildman–Crippen LogP) is 5.92. The van der Waals surface area contributed by atoms with Crippen LogP contribution in [0.25, 0.3) is 22.2 Å². The molecule has 0 radical (unpaired) electrons. The quantitative estimate of drug-likeness (QED) is 0.177. The van der Waals surface area contributed by atoms with Gasteiger partial charge in [-0.2, -0.15) is 0 Å². The van der Waals surface area contributed by atoms with Crippen LogP contribution in [-0.4, -0.2) is 76.9 Å². The Kier molecular flexibility index (Phi) is 10.2. The predicted molar refractivity (Wildman–Crippen MR) is 187 cm³/mol. The summed E-state index contributed by atoms with van der Waals surface area (Å²) in [6.07, 6.45) is 0.719. The van der Waals surface area contributed by atoms with Crippen LogP contribution in [0.1, 0.15) is 52.1 Å². The third-order valence-corrected chi connectivity index (χ3v) is 8.18. The van der Waals surface area contributed by atoms with Gasteiger partial charge in [0.1, 0.15) is 23.7 Å². The van der Waals surface area contributed by atoms with Gasteiger partial charge in [-0.25, -0.2) is 4.79 Å². The first-order valence-electron chi connectivity index (χ1n) is 16.2. The van der Waals surface area contributed by atoms with Crippen LogP contribution in [0, 0.1) is 0 Å². The third kappa shape index (κ3) is 8.21. The summed E-state index contributed by atoms with van der Waals surface area (Å²) in [4.78, 5) is 58.8. The molecule has 4 N–H and O–H groups in total. The molecule has 4 aromatic rings. The van der Waals surface area contributed by atoms with E-state index in [9.17, 15) is 19.2 Å². The van der Waals surface area contributed by atoms with Gasteiger partial charge in [0.2, 0.25) is 17.7 Å². The maximum Gasteiger partial charge on any atom is 0.408 e. The van der Waals surface area contributed by atoms with Gasteiger partial charge in [0.05, 0.1) is 0 Å². The number of hydrogen-bond donors (Lipinski definition) is 4. The van der Waals surface area contributed by atoms with Gasteiger partial charge in [-0.05, 0) is 102 Å². The zero-order valence-corrected chi connectivity index (χ0v) is 28.3. The normalized spacial score (nSPS) is 16.0. The Hall–Kier alpha value is -5.16. The number of likely N-dealkylation sites (tertiary alicyclic amines) is 1. The lowest BCUT2D eigenvalue weighted by Crippen LogP contribution is -2.47. The molecule has 11 nitrogen and oxygen atoms in total. The number of nitrogens with zero attached hydrogens (tertiary/aromatic N) is 2. The minimum atomic E-state index is -0.788. The Bertz CT molecular complexity index is 1780. The zero-order valence-electron chi connectivity index (χ0n) is 28.3. The van der Waals surface area contributed by atoms with E-state index in [2.05, 4.69) is 20.9 Å². The smallest absolute Gasteiger partial charge is 0.408 e. The standard InChI is InChI=1S/C37H44N6O5/c1-23(38-36(47)48-37(2,3)4)33(44)39-27-16-14-24(15-17-27)30-22-26-21-28(18-19-29(26)41-30)40-34(45)31-13-10-20-43(31)35(46)32(42(5)6)25-11-8-7-9-12-25/h7-9,11-12,14-19,21-23,31-32,41H,10,13,20H2,1-6H3,(H,38,47)(H,39,44)(H,40,45)/t23-,31-,32+/m0/s1. The first-order valence-corrected chi connectivity index (χ1v) is 16.2. The van der Waals surface area contributed by atoms with E-state index in [1.54, 1.807) is 44.7 Å². The number of alkyl carbamates (subject to hydrolysis) is 1. The number of ether oxygens (including phenoxy) is 1. The van der Waals surface area contributed by atoms with E-state index in [0.717, 1.165) is 34.1 Å². The van der Waals surface area contributed by atoms with Crippen molar-refractivity contribution < 1.29 is 23.9 Å². The van der Waals surface area contributed by atoms with Gasteiger partial charge in [0, 0.05) is 34.5 Å². The SMILES string of the molecule is C[C@H](NC(=O)OC(C)(C)C)C(=O)Nc1ccc(-c2cc3cc(NC(=O)[C@@H]4CCCN4C(=O)[C@@H](c4ccccc4)N(C)C)ccc3[nH]2)cc1. The van der Waals surface area contributed by atoms with Crippen LogP contribution in [0.2, 0.25) is 0 Å². The number of amides is 4. The summed E-state index contributed by atoms with van der Waals surface area (Å²) in [5, 5.41) is 9.30. The second-order valence-corrected chi connectivity index (χ2v) is 13.4. The number of anilines is 2. The van der Waals surface area contributed by atoms with Crippen LogP contribution in [0.3, 0.4) is 0 Å². The lowest BCUT2D eigenvalue weighted by molar-refractivity contribution is -0.140. The topological polar surface area (TPSA) is 136 Å². The minimum Gasteiger partial charge on any atom is -0.444 e. The van der Waals surface area contributed by atoms with Crippen LogP contribution < -0.4 is 16.0 Å². The fraction of sp³-hybridized carbons (Fsp3) is 0.351. The van der Waals surface area contributed by atoms with Crippen molar-refractivity contribution in [3.63, 3.8) is 0 Å². The van der Waals surface area contributed by atoms with Gasteiger partial charge in [-0.1, -0.05) is 42.5 Å². The van der Waals surface area contributed by atoms with Crippen molar-refractivity contribution in [2.75, 3.05) is 31.3 Å². The van der Waals surface area contributed by atoms with Crippen molar-refractivity contribution in [1.82, 2.24) is 20.1 Å². The largest absolute Gasteiger partial charge is 0.444 e. The summed E-state index contributed by atoms with van der Waals surface area (Å²) in [7, 11) is 3.76. The average Bonchev–Trinajstić information content (AvgIpc) is 3.69. The maximum atomic E-state index is 13.7. The molecule has 3 atom stereocenters. The molecule has 1 aliphatic rings. The van der Waals surface area contributed by atoms with Crippen molar-refractivity contribution >= 4 is 46.1 Å². The van der Waals surface area contributed by atoms with E-state index in [1.807, 2.05) is 85.7 Å². The first kappa shape index (κ1) is 34.2. The highest BCUT2D eigenvalue weighted by Gasteiger charge is 2.38. The molecule has 3 aromatic carbocycles. The molecule has 1 aliphatic heterocycles. The van der Waals surface area contributed by atoms with Crippen molar-refractivity contribution in [3.8, 4) is 11.3 Å². The number of rotatable bonds is 9. The summed E-state index contributed by atoms with van der Waals surface area (Å²) in [6, 6.07) is 22.9. The van der Waals surface area contributed by atoms with Crippen molar-refractivity contribution in [2.24, 2.45) is 0 Å². The molecule has 2 heterocycles. The van der Waals surface area contributed by atoms with Crippen molar-refractivity contribution in [3.05, 3.63) is 84.4 Å². The Balaban J connectivity index is 1.22. The van der Waals surface area contributed by atoms with Gasteiger partial charge < -0.3 is 30.6 Å². The number of carbonyl (C=O) groups is 4. The average molecular weight is 653 g/mol. The molecule has 48 heavy (non-hydrogen) atoms. The number of nitrogens with one attached hydrogen (secondary N) is 4. The number of benzene rings is 3. The Labute approximate surface area is 281 Å². The fourth-order valence-corrected chi connectivity index (χ4v) is 5.88. The molecular weight excluding hydrogens is 608 g/mol. The van der Waals surface area contributed by atoms with Crippen molar-refractivity contribution in [1.29, 1.82) is 0 Å². The molecule has 0 saturated carbocycles. The van der Waals surface area contributed by atoms with Crippen LogP contribution in [0.15, 0.2) is 78.9 Å². The van der Waals surface area contributed by atoms with E-state index < -0.39 is 29.8 Å². The van der Waals surface area contributed by atoms with E-state index in [-0.39, 0.29) is 17.7 Å². The second kappa shape index (κ2) is 14.3. The summed E-state index contributed by atoms with van der Waals surface area (Å²) < 4.78 is 5.22. The number of H-pyrrole nitrogens is 1. The van der Waals surface area contributed by atoms with Crippen LogP contribution in [0.4, 0.5) is 16.2 Å². The molecule has 5 rings (SSSR count). The van der Waals surface area contributed by atoms with E-state index in [0.29, 0.717) is 24.3 Å². The highest BCUT2D eigenvalue weighted by molar-refractivity contribution is 6.00. The van der Waals surface area contributed by atoms with E-state index in [4.69, 9.17) is 4.74 Å². The molecule has 11 heteroatoms. The summed E-state index contributed by atoms with van der Waals surface area (Å²) in [5.41, 5.74) is 4.15. The monoisotopic (exact) mass is 652 g/mol. The Morgan fingerprint density at radius 1 is 0.917 bits per heavy atom. The molecule has 0 bridgehead atoms. The Morgan fingerprint density at radius 3 is 2.27 bits per heavy atom. The highest BCUT2D eigenvalue weighted by Crippen LogP contribution is 2.30. The molecule has 1 fully saturated rings. The molecule has 0 unspecified atom stereocenters. The number of aromatic amines is 1. The number of hydrogen-bond acceptors (Lipinski definition) is 6. The summed E-state index contributed by atoms with van der Waals surface area (Å²) in [6.45, 7) is 7.40. The highest BCUT2D eigenvalue weighted by atomic mass is 16.6. The van der Waals surface area contributed by atoms with Crippen LogP contribution in [0.5, 0.6) is 0 Å². The number of carbonyl (C=O) groups excluding carboxylic acids is 4. The molecule has 1 saturated heterocycles. The Morgan fingerprint density at radius 2 is 1.60 bits per heavy atom. The number of likely N-dealkylation sites (N-methyl/N-ethyl adjacent to an activating group) is 1. The fourth-order valence-electron chi connectivity index (χ4n) is 5.88.